The highest BCUT2D eigenvalue weighted by atomic mass is 79.9. The van der Waals surface area contributed by atoms with E-state index in [1.54, 1.807) is 18.2 Å². The summed E-state index contributed by atoms with van der Waals surface area (Å²) in [6.07, 6.45) is 0. The van der Waals surface area contributed by atoms with Gasteiger partial charge < -0.3 is 0 Å². The Bertz CT molecular complexity index is 492. The topological polar surface area (TPSA) is 0 Å². The summed E-state index contributed by atoms with van der Waals surface area (Å²) in [5, 5.41) is -0.520. The van der Waals surface area contributed by atoms with Crippen molar-refractivity contribution in [3.63, 3.8) is 0 Å². The Morgan fingerprint density at radius 2 is 2.00 bits per heavy atom. The maximum atomic E-state index is 13.7. The number of hydrogen-bond acceptors (Lipinski definition) is 1. The number of benzene rings is 1. The summed E-state index contributed by atoms with van der Waals surface area (Å²) in [5.41, 5.74) is 0.447. The SMILES string of the molecule is Fc1cccc(Br)c1C(Cl)c1ccc(Cl)s1. The second kappa shape index (κ2) is 5.05. The summed E-state index contributed by atoms with van der Waals surface area (Å²) in [5.74, 6) is -0.320. The Morgan fingerprint density at radius 3 is 2.56 bits per heavy atom. The molecule has 1 aromatic heterocycles. The fourth-order valence-corrected chi connectivity index (χ4v) is 3.54. The van der Waals surface area contributed by atoms with E-state index < -0.39 is 5.38 Å². The van der Waals surface area contributed by atoms with Gasteiger partial charge in [-0.05, 0) is 24.3 Å². The summed E-state index contributed by atoms with van der Waals surface area (Å²) in [6, 6.07) is 8.36. The molecule has 0 aliphatic carbocycles. The van der Waals surface area contributed by atoms with Crippen LogP contribution in [0.5, 0.6) is 0 Å². The van der Waals surface area contributed by atoms with Crippen molar-refractivity contribution in [2.75, 3.05) is 0 Å². The third-order valence-corrected chi connectivity index (χ3v) is 4.67. The monoisotopic (exact) mass is 338 g/mol. The van der Waals surface area contributed by atoms with E-state index in [2.05, 4.69) is 15.9 Å². The highest BCUT2D eigenvalue weighted by molar-refractivity contribution is 9.10. The van der Waals surface area contributed by atoms with Crippen LogP contribution in [0, 0.1) is 5.82 Å². The third kappa shape index (κ3) is 2.43. The largest absolute Gasteiger partial charge is 0.207 e. The van der Waals surface area contributed by atoms with E-state index in [1.165, 1.54) is 17.4 Å². The molecule has 1 heterocycles. The summed E-state index contributed by atoms with van der Waals surface area (Å²) in [4.78, 5) is 0.831. The predicted molar refractivity (Wildman–Crippen MR) is 71.1 cm³/mol. The molecule has 0 bridgehead atoms. The minimum absolute atomic E-state index is 0.320. The number of rotatable bonds is 2. The van der Waals surface area contributed by atoms with E-state index >= 15 is 0 Å². The molecule has 0 saturated heterocycles. The van der Waals surface area contributed by atoms with Crippen molar-refractivity contribution < 1.29 is 4.39 Å². The molecule has 1 unspecified atom stereocenters. The fraction of sp³-hybridized carbons (Fsp3) is 0.0909. The van der Waals surface area contributed by atoms with Crippen molar-refractivity contribution in [2.45, 2.75) is 5.38 Å². The van der Waals surface area contributed by atoms with Crippen molar-refractivity contribution >= 4 is 50.5 Å². The van der Waals surface area contributed by atoms with E-state index in [9.17, 15) is 4.39 Å². The number of thiophene rings is 1. The lowest BCUT2D eigenvalue weighted by molar-refractivity contribution is 0.611. The molecule has 5 heteroatoms. The minimum Gasteiger partial charge on any atom is -0.207 e. The molecular formula is C11H6BrCl2FS. The first kappa shape index (κ1) is 12.4. The zero-order valence-electron chi connectivity index (χ0n) is 7.88. The molecule has 0 nitrogen and oxygen atoms in total. The van der Waals surface area contributed by atoms with Crippen molar-refractivity contribution in [1.82, 2.24) is 0 Å². The molecule has 0 aliphatic rings. The Morgan fingerprint density at radius 1 is 1.25 bits per heavy atom. The van der Waals surface area contributed by atoms with E-state index in [0.29, 0.717) is 14.4 Å². The van der Waals surface area contributed by atoms with Crippen LogP contribution in [0.2, 0.25) is 4.34 Å². The zero-order chi connectivity index (χ0) is 11.7. The molecule has 0 spiro atoms. The normalized spacial score (nSPS) is 12.8. The van der Waals surface area contributed by atoms with Crippen LogP contribution in [0.25, 0.3) is 0 Å². The average molecular weight is 340 g/mol. The molecule has 0 radical (unpaired) electrons. The quantitative estimate of drug-likeness (QED) is 0.622. The van der Waals surface area contributed by atoms with Gasteiger partial charge in [-0.15, -0.1) is 22.9 Å². The van der Waals surface area contributed by atoms with Crippen LogP contribution in [0.4, 0.5) is 4.39 Å². The summed E-state index contributed by atoms with van der Waals surface area (Å²) < 4.78 is 15.0. The van der Waals surface area contributed by atoms with Gasteiger partial charge in [0.2, 0.25) is 0 Å². The molecule has 0 saturated carbocycles. The lowest BCUT2D eigenvalue weighted by Crippen LogP contribution is -1.96. The van der Waals surface area contributed by atoms with Crippen molar-refractivity contribution in [3.8, 4) is 0 Å². The summed E-state index contributed by atoms with van der Waals surface area (Å²) >= 11 is 16.7. The molecule has 2 aromatic rings. The molecule has 0 N–H and O–H groups in total. The van der Waals surface area contributed by atoms with E-state index in [4.69, 9.17) is 23.2 Å². The van der Waals surface area contributed by atoms with Gasteiger partial charge in [0, 0.05) is 14.9 Å². The molecule has 16 heavy (non-hydrogen) atoms. The minimum atomic E-state index is -0.520. The van der Waals surface area contributed by atoms with Gasteiger partial charge in [-0.2, -0.15) is 0 Å². The average Bonchev–Trinajstić information content (AvgIpc) is 2.64. The second-order valence-electron chi connectivity index (χ2n) is 3.14. The van der Waals surface area contributed by atoms with E-state index in [1.807, 2.05) is 6.07 Å². The van der Waals surface area contributed by atoms with Gasteiger partial charge in [0.1, 0.15) is 5.82 Å². The van der Waals surface area contributed by atoms with Crippen LogP contribution in [0.1, 0.15) is 15.8 Å². The maximum absolute atomic E-state index is 13.7. The lowest BCUT2D eigenvalue weighted by atomic mass is 10.1. The molecule has 84 valence electrons. The first-order valence-corrected chi connectivity index (χ1v) is 6.85. The zero-order valence-corrected chi connectivity index (χ0v) is 11.8. The standard InChI is InChI=1S/C11H6BrCl2FS/c12-6-2-1-3-7(15)10(6)11(14)8-4-5-9(13)16-8/h1-5,11H. The number of alkyl halides is 1. The Balaban J connectivity index is 2.45. The number of hydrogen-bond donors (Lipinski definition) is 0. The fourth-order valence-electron chi connectivity index (χ4n) is 1.36. The van der Waals surface area contributed by atoms with E-state index in [0.717, 1.165) is 4.88 Å². The van der Waals surface area contributed by atoms with Gasteiger partial charge in [0.05, 0.1) is 9.71 Å². The second-order valence-corrected chi connectivity index (χ2v) is 6.18. The molecule has 1 aromatic carbocycles. The van der Waals surface area contributed by atoms with Gasteiger partial charge in [-0.25, -0.2) is 4.39 Å². The van der Waals surface area contributed by atoms with Crippen LogP contribution in [0.15, 0.2) is 34.8 Å². The van der Waals surface area contributed by atoms with Crippen molar-refractivity contribution in [2.24, 2.45) is 0 Å². The summed E-state index contributed by atoms with van der Waals surface area (Å²) in [6.45, 7) is 0. The van der Waals surface area contributed by atoms with Crippen molar-refractivity contribution in [3.05, 3.63) is 55.4 Å². The van der Waals surface area contributed by atoms with Crippen LogP contribution in [-0.2, 0) is 0 Å². The molecule has 0 fully saturated rings. The molecule has 1 atom stereocenters. The molecule has 0 amide bonds. The molecule has 2 rings (SSSR count). The lowest BCUT2D eigenvalue weighted by Gasteiger charge is -2.10. The molecule has 0 aliphatic heterocycles. The highest BCUT2D eigenvalue weighted by Gasteiger charge is 2.19. The van der Waals surface area contributed by atoms with Crippen LogP contribution in [-0.4, -0.2) is 0 Å². The highest BCUT2D eigenvalue weighted by Crippen LogP contribution is 2.39. The number of halogens is 4. The first-order chi connectivity index (χ1) is 7.59. The third-order valence-electron chi connectivity index (χ3n) is 2.10. The van der Waals surface area contributed by atoms with Crippen LogP contribution >= 0.6 is 50.5 Å². The Labute approximate surface area is 115 Å². The maximum Gasteiger partial charge on any atom is 0.129 e. The van der Waals surface area contributed by atoms with Crippen LogP contribution < -0.4 is 0 Å². The van der Waals surface area contributed by atoms with Crippen LogP contribution in [0.3, 0.4) is 0 Å². The van der Waals surface area contributed by atoms with Gasteiger partial charge >= 0.3 is 0 Å². The first-order valence-electron chi connectivity index (χ1n) is 4.43. The Kier molecular flexibility index (Phi) is 3.90. The van der Waals surface area contributed by atoms with Gasteiger partial charge in [0.25, 0.3) is 0 Å². The Hall–Kier alpha value is -0.0900. The van der Waals surface area contributed by atoms with Crippen molar-refractivity contribution in [1.29, 1.82) is 0 Å². The van der Waals surface area contributed by atoms with Gasteiger partial charge in [0.15, 0.2) is 0 Å². The molecular weight excluding hydrogens is 334 g/mol. The predicted octanol–water partition coefficient (Wildman–Crippen LogP) is 5.63. The summed E-state index contributed by atoms with van der Waals surface area (Å²) in [7, 11) is 0. The van der Waals surface area contributed by atoms with Gasteiger partial charge in [-0.1, -0.05) is 33.6 Å². The van der Waals surface area contributed by atoms with E-state index in [-0.39, 0.29) is 5.82 Å². The van der Waals surface area contributed by atoms with Gasteiger partial charge in [-0.3, -0.25) is 0 Å². The smallest absolute Gasteiger partial charge is 0.129 e.